The highest BCUT2D eigenvalue weighted by Gasteiger charge is 2.27. The van der Waals surface area contributed by atoms with Crippen molar-refractivity contribution in [1.82, 2.24) is 9.88 Å². The van der Waals surface area contributed by atoms with E-state index in [0.29, 0.717) is 18.7 Å². The summed E-state index contributed by atoms with van der Waals surface area (Å²) in [7, 11) is 1.82. The largest absolute Gasteiger partial charge is 0.487 e. The van der Waals surface area contributed by atoms with Gasteiger partial charge in [0.05, 0.1) is 29.5 Å². The number of likely N-dealkylation sites (N-methyl/N-ethyl adjacent to an activating group) is 2. The zero-order valence-electron chi connectivity index (χ0n) is 18.1. The molecule has 4 rings (SSSR count). The number of aromatic nitrogens is 1. The molecule has 162 valence electrons. The van der Waals surface area contributed by atoms with Gasteiger partial charge in [0.1, 0.15) is 24.2 Å². The van der Waals surface area contributed by atoms with Gasteiger partial charge < -0.3 is 19.3 Å². The molecule has 0 radical (unpaired) electrons. The summed E-state index contributed by atoms with van der Waals surface area (Å²) in [6.45, 7) is 6.71. The van der Waals surface area contributed by atoms with Gasteiger partial charge in [-0.1, -0.05) is 12.1 Å². The Morgan fingerprint density at radius 3 is 2.74 bits per heavy atom. The van der Waals surface area contributed by atoms with Gasteiger partial charge in [-0.05, 0) is 50.2 Å². The third-order valence-electron chi connectivity index (χ3n) is 5.28. The summed E-state index contributed by atoms with van der Waals surface area (Å²) in [5, 5.41) is 3.02. The molecule has 0 bridgehead atoms. The zero-order chi connectivity index (χ0) is 21.8. The van der Waals surface area contributed by atoms with E-state index in [-0.39, 0.29) is 12.0 Å². The summed E-state index contributed by atoms with van der Waals surface area (Å²) in [6, 6.07) is 15.3. The Morgan fingerprint density at radius 1 is 1.26 bits per heavy atom. The number of carbonyl (C=O) groups excluding carboxylic acids is 1. The molecule has 31 heavy (non-hydrogen) atoms. The average molecular weight is 438 g/mol. The molecule has 6 nitrogen and oxygen atoms in total. The number of hydrogen-bond acceptors (Lipinski definition) is 6. The maximum absolute atomic E-state index is 12.9. The van der Waals surface area contributed by atoms with E-state index in [1.54, 1.807) is 28.4 Å². The fraction of sp³-hybridized carbons (Fsp3) is 0.333. The van der Waals surface area contributed by atoms with E-state index in [4.69, 9.17) is 9.47 Å². The van der Waals surface area contributed by atoms with Crippen LogP contribution in [0.4, 0.5) is 5.69 Å². The van der Waals surface area contributed by atoms with E-state index in [1.807, 2.05) is 49.7 Å². The van der Waals surface area contributed by atoms with Crippen molar-refractivity contribution < 1.29 is 14.3 Å². The number of carbonyl (C=O) groups is 1. The van der Waals surface area contributed by atoms with E-state index in [9.17, 15) is 4.79 Å². The molecule has 1 unspecified atom stereocenters. The van der Waals surface area contributed by atoms with Crippen LogP contribution in [0.1, 0.15) is 28.0 Å². The van der Waals surface area contributed by atoms with Crippen molar-refractivity contribution in [2.45, 2.75) is 26.6 Å². The number of fused-ring (bicyclic) bond motifs is 1. The first-order chi connectivity index (χ1) is 15.0. The summed E-state index contributed by atoms with van der Waals surface area (Å²) >= 11 is 1.61. The Balaban J connectivity index is 1.34. The molecule has 0 fully saturated rings. The number of anilines is 1. The van der Waals surface area contributed by atoms with Crippen molar-refractivity contribution in [1.29, 1.82) is 0 Å². The van der Waals surface area contributed by atoms with Crippen LogP contribution in [0, 0.1) is 6.92 Å². The minimum atomic E-state index is -0.0759. The van der Waals surface area contributed by atoms with Crippen LogP contribution in [0.25, 0.3) is 0 Å². The molecule has 1 aromatic heterocycles. The molecule has 2 aromatic carbocycles. The van der Waals surface area contributed by atoms with Crippen LogP contribution in [0.15, 0.2) is 53.9 Å². The number of benzene rings is 2. The fourth-order valence-electron chi connectivity index (χ4n) is 3.71. The molecular weight excluding hydrogens is 410 g/mol. The maximum Gasteiger partial charge on any atom is 0.253 e. The quantitative estimate of drug-likeness (QED) is 0.549. The van der Waals surface area contributed by atoms with E-state index in [0.717, 1.165) is 41.0 Å². The smallest absolute Gasteiger partial charge is 0.253 e. The van der Waals surface area contributed by atoms with Gasteiger partial charge in [-0.25, -0.2) is 4.98 Å². The molecule has 7 heteroatoms. The summed E-state index contributed by atoms with van der Waals surface area (Å²) in [6.07, 6.45) is -0.0759. The van der Waals surface area contributed by atoms with E-state index in [1.165, 1.54) is 0 Å². The van der Waals surface area contributed by atoms with Gasteiger partial charge in [0.2, 0.25) is 0 Å². The molecule has 0 saturated heterocycles. The maximum atomic E-state index is 12.9. The standard InChI is InChI=1S/C24H27N3O3S/c1-4-27-14-21(30-23-8-6-5-7-22(23)27)13-26(3)24(28)18-9-11-20(12-10-18)29-15-19-16-31-17(2)25-19/h5-12,16,21H,4,13-15H2,1-3H3. The van der Waals surface area contributed by atoms with Crippen LogP contribution in [-0.2, 0) is 6.61 Å². The number of nitrogens with zero attached hydrogens (tertiary/aromatic N) is 3. The highest BCUT2D eigenvalue weighted by molar-refractivity contribution is 7.09. The van der Waals surface area contributed by atoms with E-state index >= 15 is 0 Å². The molecule has 1 atom stereocenters. The first kappa shape index (κ1) is 21.2. The second-order valence-corrected chi connectivity index (χ2v) is 8.67. The molecule has 0 N–H and O–H groups in total. The van der Waals surface area contributed by atoms with Gasteiger partial charge in [0.15, 0.2) is 0 Å². The molecule has 0 aliphatic carbocycles. The lowest BCUT2D eigenvalue weighted by Gasteiger charge is -2.37. The highest BCUT2D eigenvalue weighted by atomic mass is 32.1. The van der Waals surface area contributed by atoms with E-state index < -0.39 is 0 Å². The molecule has 3 aromatic rings. The minimum Gasteiger partial charge on any atom is -0.487 e. The van der Waals surface area contributed by atoms with Crippen LogP contribution in [0.3, 0.4) is 0 Å². The Kier molecular flexibility index (Phi) is 6.42. The number of thiazole rings is 1. The van der Waals surface area contributed by atoms with E-state index in [2.05, 4.69) is 22.9 Å². The lowest BCUT2D eigenvalue weighted by atomic mass is 10.1. The first-order valence-electron chi connectivity index (χ1n) is 10.4. The number of rotatable bonds is 7. The molecule has 0 saturated carbocycles. The van der Waals surface area contributed by atoms with Gasteiger partial charge in [0.25, 0.3) is 5.91 Å². The summed E-state index contributed by atoms with van der Waals surface area (Å²) < 4.78 is 11.9. The SMILES string of the molecule is CCN1CC(CN(C)C(=O)c2ccc(OCc3csc(C)n3)cc2)Oc2ccccc21. The Morgan fingerprint density at radius 2 is 2.03 bits per heavy atom. The average Bonchev–Trinajstić information content (AvgIpc) is 3.22. The van der Waals surface area contributed by atoms with Crippen molar-refractivity contribution in [2.75, 3.05) is 31.6 Å². The van der Waals surface area contributed by atoms with Crippen molar-refractivity contribution in [3.05, 3.63) is 70.2 Å². The zero-order valence-corrected chi connectivity index (χ0v) is 18.9. The second-order valence-electron chi connectivity index (χ2n) is 7.60. The second kappa shape index (κ2) is 9.39. The predicted molar refractivity (Wildman–Crippen MR) is 123 cm³/mol. The topological polar surface area (TPSA) is 54.9 Å². The summed E-state index contributed by atoms with van der Waals surface area (Å²) in [5.41, 5.74) is 2.65. The summed E-state index contributed by atoms with van der Waals surface area (Å²) in [4.78, 5) is 21.3. The Bertz CT molecular complexity index is 1030. The molecule has 1 aliphatic heterocycles. The molecule has 0 spiro atoms. The van der Waals surface area contributed by atoms with Crippen molar-refractivity contribution in [3.8, 4) is 11.5 Å². The number of hydrogen-bond donors (Lipinski definition) is 0. The molecular formula is C24H27N3O3S. The monoisotopic (exact) mass is 437 g/mol. The predicted octanol–water partition coefficient (Wildman–Crippen LogP) is 4.39. The lowest BCUT2D eigenvalue weighted by Crippen LogP contribution is -2.46. The molecule has 1 amide bonds. The van der Waals surface area contributed by atoms with Gasteiger partial charge in [-0.3, -0.25) is 4.79 Å². The lowest BCUT2D eigenvalue weighted by molar-refractivity contribution is 0.0709. The van der Waals surface area contributed by atoms with Crippen LogP contribution in [0.5, 0.6) is 11.5 Å². The number of aryl methyl sites for hydroxylation is 1. The summed E-state index contributed by atoms with van der Waals surface area (Å²) in [5.74, 6) is 1.56. The Labute approximate surface area is 187 Å². The van der Waals surface area contributed by atoms with Crippen molar-refractivity contribution in [3.63, 3.8) is 0 Å². The van der Waals surface area contributed by atoms with Gasteiger partial charge in [-0.2, -0.15) is 0 Å². The van der Waals surface area contributed by atoms with Crippen LogP contribution < -0.4 is 14.4 Å². The minimum absolute atomic E-state index is 0.0350. The first-order valence-corrected chi connectivity index (χ1v) is 11.3. The normalized spacial score (nSPS) is 15.2. The number of ether oxygens (including phenoxy) is 2. The molecule has 2 heterocycles. The van der Waals surface area contributed by atoms with Crippen LogP contribution >= 0.6 is 11.3 Å². The number of para-hydroxylation sites is 2. The van der Waals surface area contributed by atoms with Gasteiger partial charge in [0, 0.05) is 24.5 Å². The Hall–Kier alpha value is -3.06. The van der Waals surface area contributed by atoms with Crippen molar-refractivity contribution in [2.24, 2.45) is 0 Å². The van der Waals surface area contributed by atoms with Crippen molar-refractivity contribution >= 4 is 22.9 Å². The van der Waals surface area contributed by atoms with Crippen LogP contribution in [-0.4, -0.2) is 48.6 Å². The fourth-order valence-corrected chi connectivity index (χ4v) is 4.31. The number of amides is 1. The highest BCUT2D eigenvalue weighted by Crippen LogP contribution is 2.33. The van der Waals surface area contributed by atoms with Gasteiger partial charge in [-0.15, -0.1) is 11.3 Å². The molecule has 1 aliphatic rings. The third kappa shape index (κ3) is 4.99. The van der Waals surface area contributed by atoms with Crippen LogP contribution in [0.2, 0.25) is 0 Å². The van der Waals surface area contributed by atoms with Gasteiger partial charge >= 0.3 is 0 Å². The third-order valence-corrected chi connectivity index (χ3v) is 6.11.